The van der Waals surface area contributed by atoms with Gasteiger partial charge in [0.15, 0.2) is 0 Å². The van der Waals surface area contributed by atoms with Crippen LogP contribution in [0.1, 0.15) is 25.8 Å². The third-order valence-electron chi connectivity index (χ3n) is 6.38. The highest BCUT2D eigenvalue weighted by Crippen LogP contribution is 2.21. The molecule has 2 aliphatic heterocycles. The second-order valence-corrected chi connectivity index (χ2v) is 9.40. The van der Waals surface area contributed by atoms with Crippen LogP contribution in [0.25, 0.3) is 0 Å². The molecule has 0 N–H and O–H groups in total. The summed E-state index contributed by atoms with van der Waals surface area (Å²) < 4.78 is 5.26. The van der Waals surface area contributed by atoms with E-state index in [4.69, 9.17) is 4.74 Å². The summed E-state index contributed by atoms with van der Waals surface area (Å²) in [5.74, 6) is 2.34. The number of benzene rings is 1. The predicted octanol–water partition coefficient (Wildman–Crippen LogP) is 1.78. The van der Waals surface area contributed by atoms with Gasteiger partial charge in [-0.3, -0.25) is 19.4 Å². The minimum atomic E-state index is 0.114. The van der Waals surface area contributed by atoms with Gasteiger partial charge in [0.1, 0.15) is 5.75 Å². The highest BCUT2D eigenvalue weighted by atomic mass is 16.5. The Hall–Kier alpha value is -2.12. The number of rotatable bonds is 7. The fraction of sp³-hybridized carbons (Fsp3) is 0.667. The van der Waals surface area contributed by atoms with Crippen molar-refractivity contribution in [1.29, 1.82) is 0 Å². The Bertz CT molecular complexity index is 738. The largest absolute Gasteiger partial charge is 0.497 e. The van der Waals surface area contributed by atoms with Crippen molar-refractivity contribution in [3.63, 3.8) is 0 Å². The maximum absolute atomic E-state index is 12.7. The van der Waals surface area contributed by atoms with Gasteiger partial charge in [-0.05, 0) is 36.0 Å². The summed E-state index contributed by atoms with van der Waals surface area (Å²) in [5.41, 5.74) is 1.06. The van der Waals surface area contributed by atoms with Crippen molar-refractivity contribution in [2.24, 2.45) is 11.8 Å². The number of methoxy groups -OCH3 is 1. The van der Waals surface area contributed by atoms with Crippen molar-refractivity contribution < 1.29 is 14.3 Å². The van der Waals surface area contributed by atoms with Gasteiger partial charge in [0.2, 0.25) is 11.8 Å². The van der Waals surface area contributed by atoms with E-state index in [2.05, 4.69) is 23.6 Å². The molecule has 0 spiro atoms. The number of ether oxygens (including phenoxy) is 1. The maximum atomic E-state index is 12.7. The van der Waals surface area contributed by atoms with Crippen LogP contribution < -0.4 is 4.74 Å². The monoisotopic (exact) mass is 430 g/mol. The van der Waals surface area contributed by atoms with E-state index in [1.807, 2.05) is 36.2 Å². The molecule has 2 amide bonds. The first-order valence-corrected chi connectivity index (χ1v) is 11.4. The molecule has 0 aliphatic carbocycles. The minimum absolute atomic E-state index is 0.114. The van der Waals surface area contributed by atoms with Crippen molar-refractivity contribution in [3.8, 4) is 5.75 Å². The normalized spacial score (nSPS) is 22.9. The Labute approximate surface area is 186 Å². The molecule has 7 heteroatoms. The molecule has 1 aromatic rings. The van der Waals surface area contributed by atoms with Crippen molar-refractivity contribution in [3.05, 3.63) is 29.8 Å². The third-order valence-corrected chi connectivity index (χ3v) is 6.38. The first-order chi connectivity index (χ1) is 14.8. The van der Waals surface area contributed by atoms with E-state index >= 15 is 0 Å². The van der Waals surface area contributed by atoms with Crippen LogP contribution >= 0.6 is 0 Å². The van der Waals surface area contributed by atoms with Crippen molar-refractivity contribution in [2.75, 3.05) is 66.5 Å². The number of hydrogen-bond donors (Lipinski definition) is 0. The lowest BCUT2D eigenvalue weighted by atomic mass is 9.92. The average Bonchev–Trinajstić information content (AvgIpc) is 2.74. The summed E-state index contributed by atoms with van der Waals surface area (Å²) in [4.78, 5) is 33.6. The zero-order valence-electron chi connectivity index (χ0n) is 19.5. The van der Waals surface area contributed by atoms with Crippen LogP contribution in [-0.4, -0.2) is 97.9 Å². The van der Waals surface area contributed by atoms with Crippen molar-refractivity contribution >= 4 is 11.8 Å². The number of carbonyl (C=O) groups is 2. The predicted molar refractivity (Wildman–Crippen MR) is 122 cm³/mol. The second kappa shape index (κ2) is 11.0. The Morgan fingerprint density at radius 2 is 1.65 bits per heavy atom. The molecule has 2 heterocycles. The molecule has 0 radical (unpaired) electrons. The minimum Gasteiger partial charge on any atom is -0.497 e. The van der Waals surface area contributed by atoms with Gasteiger partial charge in [-0.15, -0.1) is 0 Å². The molecule has 1 aromatic carbocycles. The lowest BCUT2D eigenvalue weighted by molar-refractivity contribution is -0.136. The summed E-state index contributed by atoms with van der Waals surface area (Å²) in [6.07, 6.45) is 1.21. The number of likely N-dealkylation sites (N-methyl/N-ethyl adjacent to an activating group) is 1. The number of amides is 2. The first-order valence-electron chi connectivity index (χ1n) is 11.4. The number of piperazine rings is 1. The maximum Gasteiger partial charge on any atom is 0.236 e. The molecule has 2 fully saturated rings. The first kappa shape index (κ1) is 23.5. The van der Waals surface area contributed by atoms with E-state index in [0.717, 1.165) is 50.6 Å². The lowest BCUT2D eigenvalue weighted by Crippen LogP contribution is -2.53. The van der Waals surface area contributed by atoms with Crippen LogP contribution in [-0.2, 0) is 16.1 Å². The molecule has 7 nitrogen and oxygen atoms in total. The highest BCUT2D eigenvalue weighted by molar-refractivity contribution is 5.79. The summed E-state index contributed by atoms with van der Waals surface area (Å²) in [6.45, 7) is 11.0. The quantitative estimate of drug-likeness (QED) is 0.660. The third kappa shape index (κ3) is 6.94. The number of likely N-dealkylation sites (tertiary alicyclic amines) is 1. The van der Waals surface area contributed by atoms with Crippen LogP contribution in [0.4, 0.5) is 0 Å². The van der Waals surface area contributed by atoms with Crippen LogP contribution in [0.3, 0.4) is 0 Å². The zero-order valence-corrected chi connectivity index (χ0v) is 19.5. The van der Waals surface area contributed by atoms with Crippen LogP contribution in [0.15, 0.2) is 24.3 Å². The molecule has 0 saturated carbocycles. The Morgan fingerprint density at radius 1 is 1.03 bits per heavy atom. The topological polar surface area (TPSA) is 56.3 Å². The molecule has 172 valence electrons. The van der Waals surface area contributed by atoms with Crippen LogP contribution in [0.5, 0.6) is 5.75 Å². The SMILES string of the molecule is COc1cccc(CN(C)C(=O)CN2CCN(CC(=O)N3CC(C)CC(C)C3)CC2)c1. The smallest absolute Gasteiger partial charge is 0.236 e. The highest BCUT2D eigenvalue weighted by Gasteiger charge is 2.28. The van der Waals surface area contributed by atoms with Crippen LogP contribution in [0, 0.1) is 11.8 Å². The molecule has 0 bridgehead atoms. The van der Waals surface area contributed by atoms with Gasteiger partial charge in [0.25, 0.3) is 0 Å². The second-order valence-electron chi connectivity index (χ2n) is 9.40. The van der Waals surface area contributed by atoms with Gasteiger partial charge in [-0.25, -0.2) is 0 Å². The average molecular weight is 431 g/mol. The van der Waals surface area contributed by atoms with Gasteiger partial charge >= 0.3 is 0 Å². The van der Waals surface area contributed by atoms with Gasteiger partial charge in [-0.2, -0.15) is 0 Å². The van der Waals surface area contributed by atoms with E-state index in [1.165, 1.54) is 6.42 Å². The number of carbonyl (C=O) groups excluding carboxylic acids is 2. The zero-order chi connectivity index (χ0) is 22.4. The fourth-order valence-electron chi connectivity index (χ4n) is 4.71. The molecular weight excluding hydrogens is 392 g/mol. The number of nitrogens with zero attached hydrogens (tertiary/aromatic N) is 4. The lowest BCUT2D eigenvalue weighted by Gasteiger charge is -2.38. The van der Waals surface area contributed by atoms with E-state index in [1.54, 1.807) is 12.0 Å². The summed E-state index contributed by atoms with van der Waals surface area (Å²) in [5, 5.41) is 0. The summed E-state index contributed by atoms with van der Waals surface area (Å²) >= 11 is 0. The molecular formula is C24H38N4O3. The van der Waals surface area contributed by atoms with E-state index in [9.17, 15) is 9.59 Å². The molecule has 2 aliphatic rings. The Balaban J connectivity index is 1.40. The van der Waals surface area contributed by atoms with Gasteiger partial charge in [0, 0.05) is 52.9 Å². The van der Waals surface area contributed by atoms with Crippen LogP contribution in [0.2, 0.25) is 0 Å². The number of hydrogen-bond acceptors (Lipinski definition) is 5. The molecule has 0 aromatic heterocycles. The van der Waals surface area contributed by atoms with E-state index < -0.39 is 0 Å². The number of piperidine rings is 1. The molecule has 31 heavy (non-hydrogen) atoms. The van der Waals surface area contributed by atoms with Crippen molar-refractivity contribution in [1.82, 2.24) is 19.6 Å². The molecule has 2 saturated heterocycles. The molecule has 3 rings (SSSR count). The van der Waals surface area contributed by atoms with Crippen molar-refractivity contribution in [2.45, 2.75) is 26.8 Å². The Kier molecular flexibility index (Phi) is 8.32. The fourth-order valence-corrected chi connectivity index (χ4v) is 4.71. The van der Waals surface area contributed by atoms with Gasteiger partial charge in [0.05, 0.1) is 20.2 Å². The van der Waals surface area contributed by atoms with E-state index in [-0.39, 0.29) is 11.8 Å². The summed E-state index contributed by atoms with van der Waals surface area (Å²) in [6, 6.07) is 7.81. The summed E-state index contributed by atoms with van der Waals surface area (Å²) in [7, 11) is 3.49. The van der Waals surface area contributed by atoms with E-state index in [0.29, 0.717) is 31.5 Å². The standard InChI is InChI=1S/C24H38N4O3/c1-19-12-20(2)15-28(14-19)24(30)18-27-10-8-26(9-11-27)17-23(29)25(3)16-21-6-5-7-22(13-21)31-4/h5-7,13,19-20H,8-12,14-18H2,1-4H3. The molecule has 2 atom stereocenters. The van der Waals surface area contributed by atoms with Gasteiger partial charge in [-0.1, -0.05) is 26.0 Å². The Morgan fingerprint density at radius 3 is 2.26 bits per heavy atom. The molecule has 2 unspecified atom stereocenters. The van der Waals surface area contributed by atoms with Gasteiger partial charge < -0.3 is 14.5 Å².